The van der Waals surface area contributed by atoms with Crippen LogP contribution in [0.25, 0.3) is 0 Å². The van der Waals surface area contributed by atoms with Crippen LogP contribution in [0.1, 0.15) is 5.56 Å². The molecule has 0 spiro atoms. The Morgan fingerprint density at radius 2 is 1.75 bits per heavy atom. The van der Waals surface area contributed by atoms with Gasteiger partial charge in [-0.1, -0.05) is 29.8 Å². The molecule has 0 atom stereocenters. The highest BCUT2D eigenvalue weighted by molar-refractivity contribution is 6.30. The molecule has 24 heavy (non-hydrogen) atoms. The number of amides is 3. The average Bonchev–Trinajstić information content (AvgIpc) is 2.55. The van der Waals surface area contributed by atoms with Gasteiger partial charge in [-0.05, 0) is 35.9 Å². The molecule has 2 aromatic rings. The molecule has 0 aliphatic heterocycles. The Labute approximate surface area is 145 Å². The molecule has 2 N–H and O–H groups in total. The Morgan fingerprint density at radius 3 is 2.42 bits per heavy atom. The zero-order valence-corrected chi connectivity index (χ0v) is 14.1. The van der Waals surface area contributed by atoms with Crippen molar-refractivity contribution in [2.24, 2.45) is 0 Å². The predicted octanol–water partition coefficient (Wildman–Crippen LogP) is 4.18. The molecule has 0 saturated carbocycles. The van der Waals surface area contributed by atoms with E-state index in [0.29, 0.717) is 22.9 Å². The topological polar surface area (TPSA) is 70.7 Å². The number of halogens is 1. The van der Waals surface area contributed by atoms with Crippen LogP contribution in [0.4, 0.5) is 21.0 Å². The molecule has 0 fully saturated rings. The van der Waals surface area contributed by atoms with E-state index < -0.39 is 6.09 Å². The summed E-state index contributed by atoms with van der Waals surface area (Å²) in [6, 6.07) is 13.8. The number of benzene rings is 2. The average molecular weight is 348 g/mol. The molecule has 2 aromatic carbocycles. The number of carbonyl (C=O) groups excluding carboxylic acids is 2. The van der Waals surface area contributed by atoms with Crippen molar-refractivity contribution in [3.05, 3.63) is 59.1 Å². The van der Waals surface area contributed by atoms with Crippen LogP contribution < -0.4 is 10.6 Å². The van der Waals surface area contributed by atoms with E-state index in [0.717, 1.165) is 5.56 Å². The van der Waals surface area contributed by atoms with Gasteiger partial charge < -0.3 is 15.0 Å². The van der Waals surface area contributed by atoms with Crippen LogP contribution in [-0.2, 0) is 11.3 Å². The second-order valence-corrected chi connectivity index (χ2v) is 5.55. The molecule has 2 rings (SSSR count). The smallest absolute Gasteiger partial charge is 0.411 e. The number of anilines is 2. The summed E-state index contributed by atoms with van der Waals surface area (Å²) in [7, 11) is 2.97. The van der Waals surface area contributed by atoms with Gasteiger partial charge in [0, 0.05) is 30.0 Å². The Hall–Kier alpha value is -2.73. The van der Waals surface area contributed by atoms with Crippen molar-refractivity contribution in [3.8, 4) is 0 Å². The molecule has 0 aliphatic carbocycles. The van der Waals surface area contributed by atoms with Crippen LogP contribution in [0.3, 0.4) is 0 Å². The van der Waals surface area contributed by atoms with E-state index in [1.165, 1.54) is 12.0 Å². The van der Waals surface area contributed by atoms with E-state index >= 15 is 0 Å². The van der Waals surface area contributed by atoms with E-state index in [9.17, 15) is 9.59 Å². The number of rotatable bonds is 4. The molecule has 0 saturated heterocycles. The van der Waals surface area contributed by atoms with Crippen LogP contribution in [0.15, 0.2) is 48.5 Å². The van der Waals surface area contributed by atoms with Crippen LogP contribution in [0.2, 0.25) is 5.02 Å². The van der Waals surface area contributed by atoms with Gasteiger partial charge in [0.05, 0.1) is 7.11 Å². The minimum Gasteiger partial charge on any atom is -0.453 e. The fraction of sp³-hybridized carbons (Fsp3) is 0.176. The second-order valence-electron chi connectivity index (χ2n) is 5.11. The predicted molar refractivity (Wildman–Crippen MR) is 94.4 cm³/mol. The lowest BCUT2D eigenvalue weighted by Crippen LogP contribution is -2.30. The Kier molecular flexibility index (Phi) is 6.03. The molecular weight excluding hydrogens is 330 g/mol. The zero-order valence-electron chi connectivity index (χ0n) is 13.4. The lowest BCUT2D eigenvalue weighted by atomic mass is 10.2. The van der Waals surface area contributed by atoms with Crippen LogP contribution >= 0.6 is 11.6 Å². The maximum Gasteiger partial charge on any atom is 0.411 e. The number of hydrogen-bond donors (Lipinski definition) is 2. The highest BCUT2D eigenvalue weighted by Crippen LogP contribution is 2.17. The van der Waals surface area contributed by atoms with E-state index in [1.54, 1.807) is 37.4 Å². The first-order chi connectivity index (χ1) is 11.5. The van der Waals surface area contributed by atoms with Crippen molar-refractivity contribution >= 4 is 35.1 Å². The monoisotopic (exact) mass is 347 g/mol. The van der Waals surface area contributed by atoms with Gasteiger partial charge in [-0.3, -0.25) is 5.32 Å². The van der Waals surface area contributed by atoms with Gasteiger partial charge in [0.1, 0.15) is 0 Å². The van der Waals surface area contributed by atoms with Gasteiger partial charge in [0.2, 0.25) is 0 Å². The minimum absolute atomic E-state index is 0.273. The highest BCUT2D eigenvalue weighted by atomic mass is 35.5. The third-order valence-corrected chi connectivity index (χ3v) is 3.44. The molecule has 0 radical (unpaired) electrons. The zero-order chi connectivity index (χ0) is 17.5. The number of urea groups is 1. The maximum absolute atomic E-state index is 12.3. The van der Waals surface area contributed by atoms with Crippen LogP contribution in [0, 0.1) is 0 Å². The number of methoxy groups -OCH3 is 1. The summed E-state index contributed by atoms with van der Waals surface area (Å²) in [6.07, 6.45) is -0.573. The van der Waals surface area contributed by atoms with Crippen molar-refractivity contribution in [1.29, 1.82) is 0 Å². The molecular formula is C17H18ClN3O3. The molecule has 7 heteroatoms. The summed E-state index contributed by atoms with van der Waals surface area (Å²) >= 11 is 5.94. The van der Waals surface area contributed by atoms with Crippen molar-refractivity contribution in [2.75, 3.05) is 24.8 Å². The summed E-state index contributed by atoms with van der Waals surface area (Å²) in [5, 5.41) is 5.94. The van der Waals surface area contributed by atoms with Gasteiger partial charge >= 0.3 is 12.1 Å². The van der Waals surface area contributed by atoms with Gasteiger partial charge in [-0.2, -0.15) is 0 Å². The molecule has 0 aromatic heterocycles. The first-order valence-electron chi connectivity index (χ1n) is 7.19. The van der Waals surface area contributed by atoms with E-state index in [4.69, 9.17) is 11.6 Å². The van der Waals surface area contributed by atoms with Gasteiger partial charge in [0.25, 0.3) is 0 Å². The Morgan fingerprint density at radius 1 is 1.08 bits per heavy atom. The van der Waals surface area contributed by atoms with Crippen LogP contribution in [-0.4, -0.2) is 31.2 Å². The van der Waals surface area contributed by atoms with Crippen molar-refractivity contribution in [3.63, 3.8) is 0 Å². The van der Waals surface area contributed by atoms with Gasteiger partial charge in [-0.25, -0.2) is 9.59 Å². The number of hydrogen-bond acceptors (Lipinski definition) is 3. The molecule has 126 valence electrons. The maximum atomic E-state index is 12.3. The fourth-order valence-electron chi connectivity index (χ4n) is 2.04. The van der Waals surface area contributed by atoms with Crippen molar-refractivity contribution < 1.29 is 14.3 Å². The number of nitrogens with one attached hydrogen (secondary N) is 2. The largest absolute Gasteiger partial charge is 0.453 e. The second kappa shape index (κ2) is 8.21. The minimum atomic E-state index is -0.573. The number of carbonyl (C=O) groups is 2. The van der Waals surface area contributed by atoms with Crippen LogP contribution in [0.5, 0.6) is 0 Å². The van der Waals surface area contributed by atoms with E-state index in [2.05, 4.69) is 15.4 Å². The molecule has 3 amide bonds. The van der Waals surface area contributed by atoms with Crippen molar-refractivity contribution in [2.45, 2.75) is 6.54 Å². The first kappa shape index (κ1) is 17.6. The molecule has 0 bridgehead atoms. The number of nitrogens with zero attached hydrogens (tertiary/aromatic N) is 1. The Balaban J connectivity index is 1.98. The summed E-state index contributed by atoms with van der Waals surface area (Å²) in [5.41, 5.74) is 2.02. The molecule has 0 heterocycles. The molecule has 6 nitrogen and oxygen atoms in total. The summed E-state index contributed by atoms with van der Waals surface area (Å²) in [5.74, 6) is 0. The number of ether oxygens (including phenoxy) is 1. The van der Waals surface area contributed by atoms with Gasteiger partial charge in [0.15, 0.2) is 0 Å². The molecule has 0 aliphatic rings. The highest BCUT2D eigenvalue weighted by Gasteiger charge is 2.10. The first-order valence-corrected chi connectivity index (χ1v) is 7.57. The third kappa shape index (κ3) is 5.17. The standard InChI is InChI=1S/C17H18ClN3O3/c1-21(11-12-5-3-6-13(18)9-12)16(22)19-14-7-4-8-15(10-14)20-17(23)24-2/h3-10H,11H2,1-2H3,(H,19,22)(H,20,23). The summed E-state index contributed by atoms with van der Waals surface area (Å²) in [4.78, 5) is 25.0. The SMILES string of the molecule is COC(=O)Nc1cccc(NC(=O)N(C)Cc2cccc(Cl)c2)c1. The quantitative estimate of drug-likeness (QED) is 0.871. The van der Waals surface area contributed by atoms with E-state index in [-0.39, 0.29) is 6.03 Å². The summed E-state index contributed by atoms with van der Waals surface area (Å²) < 4.78 is 4.53. The third-order valence-electron chi connectivity index (χ3n) is 3.20. The van der Waals surface area contributed by atoms with Gasteiger partial charge in [-0.15, -0.1) is 0 Å². The normalized spacial score (nSPS) is 9.96. The summed E-state index contributed by atoms with van der Waals surface area (Å²) in [6.45, 7) is 0.423. The molecule has 0 unspecified atom stereocenters. The Bertz CT molecular complexity index is 737. The van der Waals surface area contributed by atoms with E-state index in [1.807, 2.05) is 18.2 Å². The van der Waals surface area contributed by atoms with Crippen molar-refractivity contribution in [1.82, 2.24) is 4.90 Å². The fourth-order valence-corrected chi connectivity index (χ4v) is 2.26. The lowest BCUT2D eigenvalue weighted by Gasteiger charge is -2.18. The lowest BCUT2D eigenvalue weighted by molar-refractivity contribution is 0.187.